The van der Waals surface area contributed by atoms with Crippen LogP contribution < -0.4 is 5.32 Å². The van der Waals surface area contributed by atoms with Gasteiger partial charge in [0, 0.05) is 12.1 Å². The van der Waals surface area contributed by atoms with Gasteiger partial charge < -0.3 is 10.2 Å². The Bertz CT molecular complexity index is 209. The molecule has 1 unspecified atom stereocenters. The van der Waals surface area contributed by atoms with Crippen LogP contribution in [-0.2, 0) is 0 Å². The highest BCUT2D eigenvalue weighted by atomic mass is 15.2. The number of hydrogen-bond acceptors (Lipinski definition) is 2. The largest absolute Gasteiger partial charge is 0.314 e. The summed E-state index contributed by atoms with van der Waals surface area (Å²) in [6.07, 6.45) is 14.3. The van der Waals surface area contributed by atoms with Gasteiger partial charge in [-0.05, 0) is 58.7 Å². The molecule has 1 N–H and O–H groups in total. The van der Waals surface area contributed by atoms with E-state index in [0.717, 1.165) is 12.1 Å². The van der Waals surface area contributed by atoms with Gasteiger partial charge in [-0.3, -0.25) is 0 Å². The molecular weight excluding hydrogens is 220 g/mol. The molecule has 0 aromatic carbocycles. The molecule has 2 fully saturated rings. The summed E-state index contributed by atoms with van der Waals surface area (Å²) >= 11 is 0. The quantitative estimate of drug-likeness (QED) is 0.594. The van der Waals surface area contributed by atoms with E-state index in [9.17, 15) is 0 Å². The van der Waals surface area contributed by atoms with Crippen molar-refractivity contribution in [3.63, 3.8) is 0 Å². The fraction of sp³-hybridized carbons (Fsp3) is 1.00. The number of likely N-dealkylation sites (tertiary alicyclic amines) is 1. The Balaban J connectivity index is 1.54. The predicted molar refractivity (Wildman–Crippen MR) is 79.0 cm³/mol. The van der Waals surface area contributed by atoms with Crippen LogP contribution in [0, 0.1) is 0 Å². The third-order valence-electron chi connectivity index (χ3n) is 4.85. The molecule has 1 atom stereocenters. The topological polar surface area (TPSA) is 15.3 Å². The van der Waals surface area contributed by atoms with Crippen molar-refractivity contribution in [3.05, 3.63) is 0 Å². The molecule has 1 aliphatic heterocycles. The second kappa shape index (κ2) is 8.16. The van der Waals surface area contributed by atoms with Crippen molar-refractivity contribution >= 4 is 0 Å². The number of piperidine rings is 1. The van der Waals surface area contributed by atoms with Gasteiger partial charge in [0.1, 0.15) is 0 Å². The van der Waals surface area contributed by atoms with Crippen LogP contribution in [0.1, 0.15) is 71.1 Å². The molecule has 1 heterocycles. The summed E-state index contributed by atoms with van der Waals surface area (Å²) in [5, 5.41) is 3.79. The first-order chi connectivity index (χ1) is 8.86. The highest BCUT2D eigenvalue weighted by molar-refractivity contribution is 4.74. The van der Waals surface area contributed by atoms with Crippen molar-refractivity contribution in [1.82, 2.24) is 10.2 Å². The Morgan fingerprint density at radius 1 is 0.944 bits per heavy atom. The van der Waals surface area contributed by atoms with Crippen molar-refractivity contribution in [2.45, 2.75) is 83.2 Å². The number of hydrogen-bond donors (Lipinski definition) is 1. The van der Waals surface area contributed by atoms with Gasteiger partial charge in [-0.1, -0.05) is 32.1 Å². The lowest BCUT2D eigenvalue weighted by Gasteiger charge is -2.33. The first kappa shape index (κ1) is 14.3. The summed E-state index contributed by atoms with van der Waals surface area (Å²) in [7, 11) is 0. The molecule has 18 heavy (non-hydrogen) atoms. The van der Waals surface area contributed by atoms with Crippen LogP contribution >= 0.6 is 0 Å². The van der Waals surface area contributed by atoms with E-state index in [-0.39, 0.29) is 0 Å². The molecule has 2 heteroatoms. The molecule has 106 valence electrons. The Morgan fingerprint density at radius 2 is 1.67 bits per heavy atom. The Kier molecular flexibility index (Phi) is 6.50. The Labute approximate surface area is 114 Å². The molecule has 0 aromatic rings. The number of nitrogens with one attached hydrogen (secondary N) is 1. The molecule has 0 amide bonds. The zero-order chi connectivity index (χ0) is 12.6. The highest BCUT2D eigenvalue weighted by Crippen LogP contribution is 2.18. The van der Waals surface area contributed by atoms with E-state index >= 15 is 0 Å². The monoisotopic (exact) mass is 252 g/mol. The van der Waals surface area contributed by atoms with E-state index in [2.05, 4.69) is 17.1 Å². The maximum absolute atomic E-state index is 3.79. The highest BCUT2D eigenvalue weighted by Gasteiger charge is 2.17. The molecule has 1 aliphatic carbocycles. The molecule has 2 aliphatic rings. The summed E-state index contributed by atoms with van der Waals surface area (Å²) in [5.74, 6) is 0. The van der Waals surface area contributed by atoms with Gasteiger partial charge in [0.05, 0.1) is 0 Å². The first-order valence-corrected chi connectivity index (χ1v) is 8.33. The average Bonchev–Trinajstić information content (AvgIpc) is 2.65. The maximum atomic E-state index is 3.79. The normalized spacial score (nSPS) is 28.2. The average molecular weight is 252 g/mol. The summed E-state index contributed by atoms with van der Waals surface area (Å²) in [6.45, 7) is 6.28. The molecule has 0 aromatic heterocycles. The van der Waals surface area contributed by atoms with Crippen molar-refractivity contribution < 1.29 is 0 Å². The van der Waals surface area contributed by atoms with Crippen molar-refractivity contribution in [1.29, 1.82) is 0 Å². The van der Waals surface area contributed by atoms with Gasteiger partial charge >= 0.3 is 0 Å². The lowest BCUT2D eigenvalue weighted by atomic mass is 10.0. The standard InChI is InChI=1S/C16H32N2/c1-15-9-6-7-13-18(15)14-8-12-17-16-10-4-2-3-5-11-16/h15-17H,2-14H2,1H3. The maximum Gasteiger partial charge on any atom is 0.00670 e. The van der Waals surface area contributed by atoms with E-state index in [1.54, 1.807) is 0 Å². The molecule has 0 spiro atoms. The van der Waals surface area contributed by atoms with Crippen LogP contribution in [0.5, 0.6) is 0 Å². The molecule has 2 nitrogen and oxygen atoms in total. The summed E-state index contributed by atoms with van der Waals surface area (Å²) < 4.78 is 0. The van der Waals surface area contributed by atoms with Crippen LogP contribution in [0.15, 0.2) is 0 Å². The van der Waals surface area contributed by atoms with Gasteiger partial charge in [-0.15, -0.1) is 0 Å². The minimum Gasteiger partial charge on any atom is -0.314 e. The lowest BCUT2D eigenvalue weighted by Crippen LogP contribution is -2.39. The molecule has 0 radical (unpaired) electrons. The van der Waals surface area contributed by atoms with E-state index in [1.165, 1.54) is 83.8 Å². The smallest absolute Gasteiger partial charge is 0.00670 e. The Morgan fingerprint density at radius 3 is 2.39 bits per heavy atom. The number of nitrogens with zero attached hydrogens (tertiary/aromatic N) is 1. The van der Waals surface area contributed by atoms with Gasteiger partial charge in [0.15, 0.2) is 0 Å². The van der Waals surface area contributed by atoms with Crippen LogP contribution in [0.3, 0.4) is 0 Å². The van der Waals surface area contributed by atoms with Crippen molar-refractivity contribution in [2.24, 2.45) is 0 Å². The molecular formula is C16H32N2. The van der Waals surface area contributed by atoms with Gasteiger partial charge in [0.25, 0.3) is 0 Å². The summed E-state index contributed by atoms with van der Waals surface area (Å²) in [6, 6.07) is 1.66. The zero-order valence-electron chi connectivity index (χ0n) is 12.3. The summed E-state index contributed by atoms with van der Waals surface area (Å²) in [5.41, 5.74) is 0. The van der Waals surface area contributed by atoms with Gasteiger partial charge in [-0.2, -0.15) is 0 Å². The van der Waals surface area contributed by atoms with Crippen LogP contribution in [0.4, 0.5) is 0 Å². The predicted octanol–water partition coefficient (Wildman–Crippen LogP) is 3.56. The van der Waals surface area contributed by atoms with Gasteiger partial charge in [-0.25, -0.2) is 0 Å². The fourth-order valence-electron chi connectivity index (χ4n) is 3.56. The molecule has 2 rings (SSSR count). The van der Waals surface area contributed by atoms with E-state index < -0.39 is 0 Å². The van der Waals surface area contributed by atoms with Gasteiger partial charge in [0.2, 0.25) is 0 Å². The first-order valence-electron chi connectivity index (χ1n) is 8.33. The van der Waals surface area contributed by atoms with Crippen LogP contribution in [0.25, 0.3) is 0 Å². The van der Waals surface area contributed by atoms with Crippen LogP contribution in [0.2, 0.25) is 0 Å². The SMILES string of the molecule is CC1CCCCN1CCCNC1CCCCCC1. The van der Waals surface area contributed by atoms with Crippen molar-refractivity contribution in [3.8, 4) is 0 Å². The zero-order valence-corrected chi connectivity index (χ0v) is 12.3. The third kappa shape index (κ3) is 4.89. The summed E-state index contributed by atoms with van der Waals surface area (Å²) in [4.78, 5) is 2.69. The fourth-order valence-corrected chi connectivity index (χ4v) is 3.56. The second-order valence-electron chi connectivity index (χ2n) is 6.38. The number of rotatable bonds is 5. The van der Waals surface area contributed by atoms with Crippen LogP contribution in [-0.4, -0.2) is 36.6 Å². The van der Waals surface area contributed by atoms with Crippen molar-refractivity contribution in [2.75, 3.05) is 19.6 Å². The lowest BCUT2D eigenvalue weighted by molar-refractivity contribution is 0.158. The minimum absolute atomic E-state index is 0.825. The molecule has 0 bridgehead atoms. The molecule has 1 saturated heterocycles. The van der Waals surface area contributed by atoms with E-state index in [0.29, 0.717) is 0 Å². The minimum atomic E-state index is 0.825. The van der Waals surface area contributed by atoms with E-state index in [1.807, 2.05) is 0 Å². The Hall–Kier alpha value is -0.0800. The van der Waals surface area contributed by atoms with E-state index in [4.69, 9.17) is 0 Å². The second-order valence-corrected chi connectivity index (χ2v) is 6.38. The molecule has 1 saturated carbocycles. The third-order valence-corrected chi connectivity index (χ3v) is 4.85.